The van der Waals surface area contributed by atoms with Gasteiger partial charge < -0.3 is 5.32 Å². The summed E-state index contributed by atoms with van der Waals surface area (Å²) in [7, 11) is 0. The summed E-state index contributed by atoms with van der Waals surface area (Å²) < 4.78 is 0. The van der Waals surface area contributed by atoms with Gasteiger partial charge in [0.15, 0.2) is 5.13 Å². The molecule has 1 N–H and O–H groups in total. The number of hydrogen-bond donors (Lipinski definition) is 1. The lowest BCUT2D eigenvalue weighted by Crippen LogP contribution is -2.14. The second-order valence-corrected chi connectivity index (χ2v) is 5.52. The number of thiazole rings is 1. The molecular weight excluding hydrogens is 208 g/mol. The van der Waals surface area contributed by atoms with E-state index < -0.39 is 0 Å². The van der Waals surface area contributed by atoms with Gasteiger partial charge in [-0.2, -0.15) is 0 Å². The molecule has 2 aliphatic rings. The molecule has 3 nitrogen and oxygen atoms in total. The Labute approximate surface area is 92.9 Å². The van der Waals surface area contributed by atoms with E-state index in [1.807, 2.05) is 0 Å². The number of nitrogens with one attached hydrogen (secondary N) is 1. The number of hydrogen-bond acceptors (Lipinski definition) is 3. The zero-order valence-corrected chi connectivity index (χ0v) is 9.51. The molecule has 1 aromatic rings. The van der Waals surface area contributed by atoms with Gasteiger partial charge in [0.2, 0.25) is 5.91 Å². The lowest BCUT2D eigenvalue weighted by atomic mass is 10.3. The van der Waals surface area contributed by atoms with Crippen LogP contribution in [-0.4, -0.2) is 10.9 Å². The fourth-order valence-electron chi connectivity index (χ4n) is 1.80. The predicted octanol–water partition coefficient (Wildman–Crippen LogP) is 2.62. The fourth-order valence-corrected chi connectivity index (χ4v) is 2.59. The Bertz CT molecular complexity index is 397. The number of amides is 1. The molecule has 0 radical (unpaired) electrons. The Morgan fingerprint density at radius 3 is 2.93 bits per heavy atom. The van der Waals surface area contributed by atoms with Crippen LogP contribution in [0.25, 0.3) is 0 Å². The van der Waals surface area contributed by atoms with E-state index in [9.17, 15) is 4.79 Å². The quantitative estimate of drug-likeness (QED) is 0.854. The van der Waals surface area contributed by atoms with Crippen LogP contribution in [0.4, 0.5) is 5.13 Å². The molecule has 2 saturated carbocycles. The van der Waals surface area contributed by atoms with Gasteiger partial charge >= 0.3 is 0 Å². The van der Waals surface area contributed by atoms with Crippen molar-refractivity contribution in [3.63, 3.8) is 0 Å². The summed E-state index contributed by atoms with van der Waals surface area (Å²) in [6, 6.07) is 0. The lowest BCUT2D eigenvalue weighted by molar-refractivity contribution is -0.117. The topological polar surface area (TPSA) is 42.0 Å². The van der Waals surface area contributed by atoms with E-state index in [1.165, 1.54) is 18.5 Å². The summed E-state index contributed by atoms with van der Waals surface area (Å²) in [6.07, 6.45) is 3.56. The highest BCUT2D eigenvalue weighted by molar-refractivity contribution is 7.13. The third-order valence-electron chi connectivity index (χ3n) is 3.19. The molecule has 80 valence electrons. The van der Waals surface area contributed by atoms with Gasteiger partial charge in [0, 0.05) is 17.2 Å². The van der Waals surface area contributed by atoms with Gasteiger partial charge in [-0.25, -0.2) is 4.98 Å². The Morgan fingerprint density at radius 1 is 1.60 bits per heavy atom. The summed E-state index contributed by atoms with van der Waals surface area (Å²) in [5, 5.41) is 5.76. The molecule has 2 atom stereocenters. The van der Waals surface area contributed by atoms with Crippen LogP contribution in [0.1, 0.15) is 37.8 Å². The van der Waals surface area contributed by atoms with Crippen molar-refractivity contribution in [1.82, 2.24) is 4.98 Å². The second-order valence-electron chi connectivity index (χ2n) is 4.66. The van der Waals surface area contributed by atoms with Crippen LogP contribution in [0.5, 0.6) is 0 Å². The van der Waals surface area contributed by atoms with Crippen LogP contribution in [0.3, 0.4) is 0 Å². The Kier molecular flexibility index (Phi) is 2.06. The van der Waals surface area contributed by atoms with Crippen molar-refractivity contribution in [3.8, 4) is 0 Å². The van der Waals surface area contributed by atoms with E-state index in [0.717, 1.165) is 11.6 Å². The molecule has 1 aromatic heterocycles. The maximum atomic E-state index is 11.6. The number of carbonyl (C=O) groups excluding carboxylic acids is 1. The molecule has 1 heterocycles. The van der Waals surface area contributed by atoms with Gasteiger partial charge in [-0.3, -0.25) is 4.79 Å². The second kappa shape index (κ2) is 3.30. The highest BCUT2D eigenvalue weighted by atomic mass is 32.1. The van der Waals surface area contributed by atoms with Gasteiger partial charge in [0.1, 0.15) is 0 Å². The van der Waals surface area contributed by atoms with Crippen LogP contribution < -0.4 is 5.32 Å². The first-order chi connectivity index (χ1) is 7.24. The average molecular weight is 222 g/mol. The van der Waals surface area contributed by atoms with Crippen LogP contribution in [-0.2, 0) is 4.79 Å². The van der Waals surface area contributed by atoms with E-state index in [2.05, 4.69) is 22.6 Å². The van der Waals surface area contributed by atoms with Crippen molar-refractivity contribution in [1.29, 1.82) is 0 Å². The van der Waals surface area contributed by atoms with Crippen LogP contribution in [0.15, 0.2) is 5.38 Å². The summed E-state index contributed by atoms with van der Waals surface area (Å²) in [4.78, 5) is 16.1. The monoisotopic (exact) mass is 222 g/mol. The summed E-state index contributed by atoms with van der Waals surface area (Å²) in [5.74, 6) is 1.62. The van der Waals surface area contributed by atoms with E-state index in [-0.39, 0.29) is 11.8 Å². The third kappa shape index (κ3) is 1.91. The number of rotatable bonds is 3. The molecule has 2 fully saturated rings. The maximum absolute atomic E-state index is 11.6. The van der Waals surface area contributed by atoms with Gasteiger partial charge in [-0.1, -0.05) is 6.92 Å². The number of nitrogens with zero attached hydrogens (tertiary/aromatic N) is 1. The molecule has 0 saturated heterocycles. The van der Waals surface area contributed by atoms with Crippen molar-refractivity contribution >= 4 is 22.4 Å². The average Bonchev–Trinajstić information content (AvgIpc) is 3.10. The largest absolute Gasteiger partial charge is 0.302 e. The van der Waals surface area contributed by atoms with Crippen LogP contribution in [0, 0.1) is 11.8 Å². The Balaban J connectivity index is 1.63. The molecule has 0 aromatic carbocycles. The molecule has 0 aliphatic heterocycles. The minimum Gasteiger partial charge on any atom is -0.302 e. The predicted molar refractivity (Wildman–Crippen MR) is 60.0 cm³/mol. The number of aromatic nitrogens is 1. The maximum Gasteiger partial charge on any atom is 0.229 e. The van der Waals surface area contributed by atoms with Gasteiger partial charge in [-0.15, -0.1) is 11.3 Å². The van der Waals surface area contributed by atoms with Crippen molar-refractivity contribution < 1.29 is 4.79 Å². The Hall–Kier alpha value is -0.900. The van der Waals surface area contributed by atoms with E-state index in [1.54, 1.807) is 11.3 Å². The number of anilines is 1. The molecule has 1 amide bonds. The fraction of sp³-hybridized carbons (Fsp3) is 0.636. The molecule has 0 bridgehead atoms. The Morgan fingerprint density at radius 2 is 2.33 bits per heavy atom. The molecule has 4 heteroatoms. The van der Waals surface area contributed by atoms with Crippen molar-refractivity contribution in [2.75, 3.05) is 5.32 Å². The standard InChI is InChI=1S/C11H14N2OS/c1-6-4-8(6)10(14)13-11-12-9(5-15-11)7-2-3-7/h5-8H,2-4H2,1H3,(H,12,13,14)/t6-,8-/m1/s1. The van der Waals surface area contributed by atoms with Gasteiger partial charge in [0.05, 0.1) is 5.69 Å². The van der Waals surface area contributed by atoms with Crippen molar-refractivity contribution in [3.05, 3.63) is 11.1 Å². The molecule has 15 heavy (non-hydrogen) atoms. The van der Waals surface area contributed by atoms with Crippen LogP contribution >= 0.6 is 11.3 Å². The summed E-state index contributed by atoms with van der Waals surface area (Å²) >= 11 is 1.55. The first kappa shape index (κ1) is 9.33. The zero-order chi connectivity index (χ0) is 10.4. The third-order valence-corrected chi connectivity index (χ3v) is 3.97. The van der Waals surface area contributed by atoms with Gasteiger partial charge in [0.25, 0.3) is 0 Å². The first-order valence-electron chi connectivity index (χ1n) is 5.50. The van der Waals surface area contributed by atoms with E-state index in [4.69, 9.17) is 0 Å². The minimum atomic E-state index is 0.152. The van der Waals surface area contributed by atoms with E-state index in [0.29, 0.717) is 11.8 Å². The molecule has 0 unspecified atom stereocenters. The SMILES string of the molecule is C[C@@H]1C[C@H]1C(=O)Nc1nc(C2CC2)cs1. The number of carbonyl (C=O) groups is 1. The summed E-state index contributed by atoms with van der Waals surface area (Å²) in [6.45, 7) is 2.11. The van der Waals surface area contributed by atoms with Gasteiger partial charge in [-0.05, 0) is 25.2 Å². The highest BCUT2D eigenvalue weighted by Gasteiger charge is 2.39. The summed E-state index contributed by atoms with van der Waals surface area (Å²) in [5.41, 5.74) is 1.17. The zero-order valence-electron chi connectivity index (χ0n) is 8.69. The first-order valence-corrected chi connectivity index (χ1v) is 6.38. The minimum absolute atomic E-state index is 0.152. The highest BCUT2D eigenvalue weighted by Crippen LogP contribution is 2.42. The lowest BCUT2D eigenvalue weighted by Gasteiger charge is -1.98. The van der Waals surface area contributed by atoms with Crippen molar-refractivity contribution in [2.24, 2.45) is 11.8 Å². The molecule has 2 aliphatic carbocycles. The molecular formula is C11H14N2OS. The van der Waals surface area contributed by atoms with Crippen LogP contribution in [0.2, 0.25) is 0 Å². The molecule has 0 spiro atoms. The molecule has 3 rings (SSSR count). The smallest absolute Gasteiger partial charge is 0.229 e. The normalized spacial score (nSPS) is 28.9. The van der Waals surface area contributed by atoms with E-state index >= 15 is 0 Å². The van der Waals surface area contributed by atoms with Crippen molar-refractivity contribution in [2.45, 2.75) is 32.1 Å².